The number of halogens is 1. The molecule has 0 atom stereocenters. The molecule has 0 saturated carbocycles. The van der Waals surface area contributed by atoms with E-state index in [0.29, 0.717) is 12.2 Å². The first-order valence-corrected chi connectivity index (χ1v) is 9.49. The molecule has 0 bridgehead atoms. The quantitative estimate of drug-likeness (QED) is 0.621. The van der Waals surface area contributed by atoms with Gasteiger partial charge in [-0.3, -0.25) is 9.48 Å². The van der Waals surface area contributed by atoms with Gasteiger partial charge in [0.2, 0.25) is 0 Å². The van der Waals surface area contributed by atoms with Crippen molar-refractivity contribution in [2.75, 3.05) is 0 Å². The van der Waals surface area contributed by atoms with Gasteiger partial charge in [0.05, 0.1) is 22.9 Å². The maximum absolute atomic E-state index is 12.4. The summed E-state index contributed by atoms with van der Waals surface area (Å²) in [5.41, 5.74) is 3.46. The molecular weight excluding hydrogens is 410 g/mol. The molecule has 27 heavy (non-hydrogen) atoms. The van der Waals surface area contributed by atoms with Crippen LogP contribution in [-0.4, -0.2) is 25.5 Å². The van der Waals surface area contributed by atoms with E-state index in [1.165, 1.54) is 0 Å². The molecule has 3 aromatic rings. The van der Waals surface area contributed by atoms with E-state index in [1.54, 1.807) is 23.1 Å². The van der Waals surface area contributed by atoms with E-state index >= 15 is 0 Å². The van der Waals surface area contributed by atoms with E-state index in [-0.39, 0.29) is 12.6 Å². The van der Waals surface area contributed by atoms with Gasteiger partial charge in [0.25, 0.3) is 5.91 Å². The zero-order chi connectivity index (χ0) is 19.4. The molecule has 1 amide bonds. The Bertz CT molecular complexity index is 947. The van der Waals surface area contributed by atoms with Crippen molar-refractivity contribution in [1.29, 1.82) is 0 Å². The lowest BCUT2D eigenvalue weighted by atomic mass is 10.1. The number of amides is 1. The molecule has 0 spiro atoms. The van der Waals surface area contributed by atoms with Crippen LogP contribution in [-0.2, 0) is 19.8 Å². The standard InChI is InChI=1S/C19H22BrN5O2/c1-4-25-17(15(20)10-22-25)11-21-19(26)16-7-8-24(23-16)12-27-18-9-13(2)5-6-14(18)3/h5-10H,4,11-12H2,1-3H3,(H,21,26). The van der Waals surface area contributed by atoms with Gasteiger partial charge in [-0.15, -0.1) is 0 Å². The molecule has 142 valence electrons. The van der Waals surface area contributed by atoms with Gasteiger partial charge in [-0.25, -0.2) is 4.68 Å². The van der Waals surface area contributed by atoms with Crippen LogP contribution in [0.3, 0.4) is 0 Å². The van der Waals surface area contributed by atoms with Crippen molar-refractivity contribution in [3.63, 3.8) is 0 Å². The number of rotatable bonds is 7. The number of aromatic nitrogens is 4. The Morgan fingerprint density at radius 3 is 2.89 bits per heavy atom. The smallest absolute Gasteiger partial charge is 0.272 e. The molecular formula is C19H22BrN5O2. The second-order valence-corrected chi connectivity index (χ2v) is 7.07. The van der Waals surface area contributed by atoms with E-state index in [9.17, 15) is 4.79 Å². The van der Waals surface area contributed by atoms with Gasteiger partial charge in [0.15, 0.2) is 6.73 Å². The first kappa shape index (κ1) is 19.2. The van der Waals surface area contributed by atoms with E-state index < -0.39 is 0 Å². The fourth-order valence-corrected chi connectivity index (χ4v) is 3.08. The Balaban J connectivity index is 1.59. The van der Waals surface area contributed by atoms with Crippen molar-refractivity contribution < 1.29 is 9.53 Å². The molecule has 0 unspecified atom stereocenters. The van der Waals surface area contributed by atoms with Gasteiger partial charge in [-0.1, -0.05) is 12.1 Å². The summed E-state index contributed by atoms with van der Waals surface area (Å²) in [6.07, 6.45) is 3.45. The number of carbonyl (C=O) groups excluding carboxylic acids is 1. The highest BCUT2D eigenvalue weighted by atomic mass is 79.9. The van der Waals surface area contributed by atoms with Crippen LogP contribution in [0.4, 0.5) is 0 Å². The molecule has 3 rings (SSSR count). The van der Waals surface area contributed by atoms with Crippen LogP contribution in [0.2, 0.25) is 0 Å². The van der Waals surface area contributed by atoms with Crippen LogP contribution in [0, 0.1) is 13.8 Å². The molecule has 2 heterocycles. The van der Waals surface area contributed by atoms with Crippen LogP contribution in [0.25, 0.3) is 0 Å². The third-order valence-electron chi connectivity index (χ3n) is 4.18. The Morgan fingerprint density at radius 2 is 2.11 bits per heavy atom. The molecule has 1 aromatic carbocycles. The number of ether oxygens (including phenoxy) is 1. The molecule has 0 aliphatic heterocycles. The van der Waals surface area contributed by atoms with E-state index in [4.69, 9.17) is 4.74 Å². The summed E-state index contributed by atoms with van der Waals surface area (Å²) in [5, 5.41) is 11.4. The summed E-state index contributed by atoms with van der Waals surface area (Å²) in [6, 6.07) is 7.72. The molecule has 0 aliphatic rings. The van der Waals surface area contributed by atoms with Crippen LogP contribution in [0.1, 0.15) is 34.2 Å². The highest BCUT2D eigenvalue weighted by Crippen LogP contribution is 2.19. The van der Waals surface area contributed by atoms with Crippen molar-refractivity contribution in [3.05, 3.63) is 63.6 Å². The number of benzene rings is 1. The van der Waals surface area contributed by atoms with Crippen molar-refractivity contribution >= 4 is 21.8 Å². The van der Waals surface area contributed by atoms with Gasteiger partial charge >= 0.3 is 0 Å². The molecule has 2 aromatic heterocycles. The van der Waals surface area contributed by atoms with E-state index in [0.717, 1.165) is 33.6 Å². The lowest BCUT2D eigenvalue weighted by Gasteiger charge is -2.10. The number of hydrogen-bond donors (Lipinski definition) is 1. The number of hydrogen-bond acceptors (Lipinski definition) is 4. The lowest BCUT2D eigenvalue weighted by molar-refractivity contribution is 0.0942. The molecule has 0 aliphatic carbocycles. The Kier molecular flexibility index (Phi) is 5.95. The monoisotopic (exact) mass is 431 g/mol. The van der Waals surface area contributed by atoms with E-state index in [2.05, 4.69) is 31.4 Å². The summed E-state index contributed by atoms with van der Waals surface area (Å²) < 4.78 is 10.1. The molecule has 1 N–H and O–H groups in total. The fraction of sp³-hybridized carbons (Fsp3) is 0.316. The van der Waals surface area contributed by atoms with Gasteiger partial charge in [0, 0.05) is 12.7 Å². The zero-order valence-corrected chi connectivity index (χ0v) is 17.2. The maximum atomic E-state index is 12.4. The molecule has 0 saturated heterocycles. The third kappa shape index (κ3) is 4.57. The van der Waals surface area contributed by atoms with Crippen molar-refractivity contribution in [2.45, 2.75) is 40.6 Å². The first-order chi connectivity index (χ1) is 13.0. The van der Waals surface area contributed by atoms with Crippen molar-refractivity contribution in [1.82, 2.24) is 24.9 Å². The summed E-state index contributed by atoms with van der Waals surface area (Å²) in [5.74, 6) is 0.574. The number of carbonyl (C=O) groups is 1. The average Bonchev–Trinajstić information content (AvgIpc) is 3.27. The van der Waals surface area contributed by atoms with Gasteiger partial charge in [0.1, 0.15) is 11.4 Å². The highest BCUT2D eigenvalue weighted by molar-refractivity contribution is 9.10. The minimum Gasteiger partial charge on any atom is -0.471 e. The molecule has 7 nitrogen and oxygen atoms in total. The zero-order valence-electron chi connectivity index (χ0n) is 15.6. The second kappa shape index (κ2) is 8.39. The largest absolute Gasteiger partial charge is 0.471 e. The van der Waals surface area contributed by atoms with Gasteiger partial charge < -0.3 is 10.1 Å². The second-order valence-electron chi connectivity index (χ2n) is 6.22. The van der Waals surface area contributed by atoms with Crippen molar-refractivity contribution in [3.8, 4) is 5.75 Å². The fourth-order valence-electron chi connectivity index (χ4n) is 2.64. The molecule has 0 radical (unpaired) electrons. The number of nitrogens with zero attached hydrogens (tertiary/aromatic N) is 4. The summed E-state index contributed by atoms with van der Waals surface area (Å²) in [4.78, 5) is 12.4. The topological polar surface area (TPSA) is 74.0 Å². The minimum absolute atomic E-state index is 0.240. The Labute approximate surface area is 166 Å². The lowest BCUT2D eigenvalue weighted by Crippen LogP contribution is -2.25. The van der Waals surface area contributed by atoms with Crippen LogP contribution in [0.15, 0.2) is 41.1 Å². The van der Waals surface area contributed by atoms with Crippen LogP contribution < -0.4 is 10.1 Å². The van der Waals surface area contributed by atoms with Gasteiger partial charge in [-0.05, 0) is 60.0 Å². The Hall–Kier alpha value is -2.61. The van der Waals surface area contributed by atoms with E-state index in [1.807, 2.05) is 43.7 Å². The maximum Gasteiger partial charge on any atom is 0.272 e. The summed E-state index contributed by atoms with van der Waals surface area (Å²) in [7, 11) is 0. The molecule has 0 fully saturated rings. The normalized spacial score (nSPS) is 10.8. The predicted molar refractivity (Wildman–Crippen MR) is 106 cm³/mol. The van der Waals surface area contributed by atoms with Crippen LogP contribution in [0.5, 0.6) is 5.75 Å². The van der Waals surface area contributed by atoms with Crippen LogP contribution >= 0.6 is 15.9 Å². The SMILES string of the molecule is CCn1ncc(Br)c1CNC(=O)c1ccn(COc2cc(C)ccc2C)n1. The van der Waals surface area contributed by atoms with Gasteiger partial charge in [-0.2, -0.15) is 10.2 Å². The average molecular weight is 432 g/mol. The number of aryl methyl sites for hydroxylation is 3. The highest BCUT2D eigenvalue weighted by Gasteiger charge is 2.13. The first-order valence-electron chi connectivity index (χ1n) is 8.69. The summed E-state index contributed by atoms with van der Waals surface area (Å²) in [6.45, 7) is 7.37. The third-order valence-corrected chi connectivity index (χ3v) is 4.85. The van der Waals surface area contributed by atoms with Crippen molar-refractivity contribution in [2.24, 2.45) is 0 Å². The molecule has 8 heteroatoms. The number of nitrogens with one attached hydrogen (secondary N) is 1. The minimum atomic E-state index is -0.240. The Morgan fingerprint density at radius 1 is 1.30 bits per heavy atom. The predicted octanol–water partition coefficient (Wildman–Crippen LogP) is 3.45. The summed E-state index contributed by atoms with van der Waals surface area (Å²) >= 11 is 3.45.